The standard InChI is InChI=1S/C13H17BrClNO4S/c1-16(9-13(17)4-6-20-7-5-13)21(18,19)10-2-3-12(15)11(14)8-10/h2-3,8,17H,4-7,9H2,1H3. The normalized spacial score (nSPS) is 18.9. The van der Waals surface area contributed by atoms with Crippen LogP contribution in [-0.2, 0) is 14.8 Å². The first-order valence-corrected chi connectivity index (χ1v) is 9.07. The van der Waals surface area contributed by atoms with Gasteiger partial charge in [0.15, 0.2) is 0 Å². The van der Waals surface area contributed by atoms with Crippen LogP contribution in [-0.4, -0.2) is 50.2 Å². The van der Waals surface area contributed by atoms with Gasteiger partial charge in [-0.05, 0) is 34.1 Å². The second kappa shape index (κ2) is 6.52. The number of hydrogen-bond donors (Lipinski definition) is 1. The number of aliphatic hydroxyl groups is 1. The maximum atomic E-state index is 12.5. The zero-order chi connectivity index (χ0) is 15.7. The molecule has 1 aromatic carbocycles. The fraction of sp³-hybridized carbons (Fsp3) is 0.538. The first-order valence-electron chi connectivity index (χ1n) is 6.46. The SMILES string of the molecule is CN(CC1(O)CCOCC1)S(=O)(=O)c1ccc(Cl)c(Br)c1. The van der Waals surface area contributed by atoms with E-state index in [2.05, 4.69) is 15.9 Å². The zero-order valence-electron chi connectivity index (χ0n) is 11.6. The van der Waals surface area contributed by atoms with Gasteiger partial charge >= 0.3 is 0 Å². The molecule has 21 heavy (non-hydrogen) atoms. The third-order valence-corrected chi connectivity index (χ3v) is 6.55. The van der Waals surface area contributed by atoms with Gasteiger partial charge in [0.25, 0.3) is 0 Å². The Kier molecular flexibility index (Phi) is 5.33. The lowest BCUT2D eigenvalue weighted by Gasteiger charge is -2.35. The lowest BCUT2D eigenvalue weighted by atomic mass is 9.95. The van der Waals surface area contributed by atoms with Crippen molar-refractivity contribution in [1.82, 2.24) is 4.31 Å². The molecule has 0 amide bonds. The first-order chi connectivity index (χ1) is 9.74. The summed E-state index contributed by atoms with van der Waals surface area (Å²) in [5, 5.41) is 10.9. The van der Waals surface area contributed by atoms with Crippen molar-refractivity contribution in [1.29, 1.82) is 0 Å². The molecule has 5 nitrogen and oxygen atoms in total. The molecular formula is C13H17BrClNO4S. The molecule has 0 atom stereocenters. The summed E-state index contributed by atoms with van der Waals surface area (Å²) in [5.74, 6) is 0. The summed E-state index contributed by atoms with van der Waals surface area (Å²) in [6, 6.07) is 4.44. The van der Waals surface area contributed by atoms with Gasteiger partial charge in [0, 0.05) is 44.1 Å². The van der Waals surface area contributed by atoms with Crippen molar-refractivity contribution in [3.8, 4) is 0 Å². The van der Waals surface area contributed by atoms with Crippen molar-refractivity contribution < 1.29 is 18.3 Å². The van der Waals surface area contributed by atoms with E-state index >= 15 is 0 Å². The Labute approximate surface area is 138 Å². The highest BCUT2D eigenvalue weighted by Crippen LogP contribution is 2.28. The maximum Gasteiger partial charge on any atom is 0.242 e. The molecule has 0 aliphatic carbocycles. The van der Waals surface area contributed by atoms with Crippen molar-refractivity contribution in [3.05, 3.63) is 27.7 Å². The molecule has 1 aliphatic rings. The molecule has 0 radical (unpaired) electrons. The van der Waals surface area contributed by atoms with Crippen LogP contribution >= 0.6 is 27.5 Å². The highest BCUT2D eigenvalue weighted by atomic mass is 79.9. The van der Waals surface area contributed by atoms with Gasteiger partial charge in [-0.15, -0.1) is 0 Å². The highest BCUT2D eigenvalue weighted by molar-refractivity contribution is 9.10. The van der Waals surface area contributed by atoms with Crippen molar-refractivity contribution >= 4 is 37.6 Å². The minimum absolute atomic E-state index is 0.0406. The summed E-state index contributed by atoms with van der Waals surface area (Å²) in [5.41, 5.74) is -1.04. The fourth-order valence-electron chi connectivity index (χ4n) is 2.23. The van der Waals surface area contributed by atoms with Crippen LogP contribution < -0.4 is 0 Å². The van der Waals surface area contributed by atoms with Crippen molar-refractivity contribution in [3.63, 3.8) is 0 Å². The quantitative estimate of drug-likeness (QED) is 0.845. The highest BCUT2D eigenvalue weighted by Gasteiger charge is 2.35. The molecule has 2 rings (SSSR count). The summed E-state index contributed by atoms with van der Waals surface area (Å²) in [4.78, 5) is 0.136. The van der Waals surface area contributed by atoms with Gasteiger partial charge in [-0.3, -0.25) is 0 Å². The lowest BCUT2D eigenvalue weighted by Crippen LogP contribution is -2.47. The number of benzene rings is 1. The van der Waals surface area contributed by atoms with Crippen LogP contribution in [0.15, 0.2) is 27.6 Å². The van der Waals surface area contributed by atoms with Crippen LogP contribution in [0.5, 0.6) is 0 Å². The predicted molar refractivity (Wildman–Crippen MR) is 84.0 cm³/mol. The van der Waals surface area contributed by atoms with Gasteiger partial charge in [0.1, 0.15) is 0 Å². The Morgan fingerprint density at radius 1 is 1.43 bits per heavy atom. The van der Waals surface area contributed by atoms with Crippen molar-refractivity contribution in [2.75, 3.05) is 26.8 Å². The Balaban J connectivity index is 2.20. The number of rotatable bonds is 4. The molecule has 1 aliphatic heterocycles. The summed E-state index contributed by atoms with van der Waals surface area (Å²) in [6.07, 6.45) is 0.856. The summed E-state index contributed by atoms with van der Waals surface area (Å²) in [7, 11) is -2.21. The number of halogens is 2. The third kappa shape index (κ3) is 3.97. The van der Waals surface area contributed by atoms with Crippen molar-refractivity contribution in [2.24, 2.45) is 0 Å². The van der Waals surface area contributed by atoms with Gasteiger partial charge in [-0.1, -0.05) is 11.6 Å². The van der Waals surface area contributed by atoms with E-state index in [0.717, 1.165) is 0 Å². The summed E-state index contributed by atoms with van der Waals surface area (Å²) in [6.45, 7) is 0.923. The van der Waals surface area contributed by atoms with Crippen LogP contribution in [0.1, 0.15) is 12.8 Å². The summed E-state index contributed by atoms with van der Waals surface area (Å²) < 4.78 is 32.0. The molecule has 8 heteroatoms. The molecule has 0 bridgehead atoms. The maximum absolute atomic E-state index is 12.5. The zero-order valence-corrected chi connectivity index (χ0v) is 14.7. The average molecular weight is 399 g/mol. The topological polar surface area (TPSA) is 66.8 Å². The van der Waals surface area contributed by atoms with E-state index in [0.29, 0.717) is 35.6 Å². The van der Waals surface area contributed by atoms with E-state index in [1.807, 2.05) is 0 Å². The van der Waals surface area contributed by atoms with Crippen LogP contribution in [0.4, 0.5) is 0 Å². The van der Waals surface area contributed by atoms with E-state index in [-0.39, 0.29) is 11.4 Å². The largest absolute Gasteiger partial charge is 0.388 e. The van der Waals surface area contributed by atoms with Gasteiger partial charge in [0.05, 0.1) is 15.5 Å². The lowest BCUT2D eigenvalue weighted by molar-refractivity contribution is -0.0689. The van der Waals surface area contributed by atoms with E-state index in [1.165, 1.54) is 29.6 Å². The fourth-order valence-corrected chi connectivity index (χ4v) is 4.15. The number of ether oxygens (including phenoxy) is 1. The molecule has 1 fully saturated rings. The minimum Gasteiger partial charge on any atom is -0.388 e. The van der Waals surface area contributed by atoms with Crippen molar-refractivity contribution in [2.45, 2.75) is 23.3 Å². The van der Waals surface area contributed by atoms with E-state index in [9.17, 15) is 13.5 Å². The minimum atomic E-state index is -3.67. The Hall–Kier alpha value is -0.180. The molecule has 1 aromatic rings. The van der Waals surface area contributed by atoms with Gasteiger partial charge in [-0.25, -0.2) is 8.42 Å². The monoisotopic (exact) mass is 397 g/mol. The van der Waals surface area contributed by atoms with Crippen LogP contribution in [0.2, 0.25) is 5.02 Å². The second-order valence-corrected chi connectivity index (χ2v) is 8.48. The van der Waals surface area contributed by atoms with Crippen LogP contribution in [0.25, 0.3) is 0 Å². The molecule has 0 aromatic heterocycles. The Morgan fingerprint density at radius 2 is 2.05 bits per heavy atom. The molecular weight excluding hydrogens is 382 g/mol. The average Bonchev–Trinajstić information content (AvgIpc) is 2.42. The van der Waals surface area contributed by atoms with Gasteiger partial charge < -0.3 is 9.84 Å². The smallest absolute Gasteiger partial charge is 0.242 e. The van der Waals surface area contributed by atoms with E-state index in [4.69, 9.17) is 16.3 Å². The molecule has 1 heterocycles. The number of sulfonamides is 1. The molecule has 118 valence electrons. The van der Waals surface area contributed by atoms with Gasteiger partial charge in [0.2, 0.25) is 10.0 Å². The molecule has 0 spiro atoms. The molecule has 0 unspecified atom stereocenters. The number of hydrogen-bond acceptors (Lipinski definition) is 4. The number of nitrogens with zero attached hydrogens (tertiary/aromatic N) is 1. The van der Waals surface area contributed by atoms with E-state index in [1.54, 1.807) is 0 Å². The Bertz CT molecular complexity index is 617. The molecule has 0 saturated carbocycles. The second-order valence-electron chi connectivity index (χ2n) is 5.17. The van der Waals surface area contributed by atoms with Crippen LogP contribution in [0, 0.1) is 0 Å². The van der Waals surface area contributed by atoms with E-state index < -0.39 is 15.6 Å². The Morgan fingerprint density at radius 3 is 2.62 bits per heavy atom. The summed E-state index contributed by atoms with van der Waals surface area (Å²) >= 11 is 9.09. The third-order valence-electron chi connectivity index (χ3n) is 3.54. The molecule has 1 N–H and O–H groups in total. The first kappa shape index (κ1) is 17.2. The number of likely N-dealkylation sites (N-methyl/N-ethyl adjacent to an activating group) is 1. The molecule has 1 saturated heterocycles. The van der Waals surface area contributed by atoms with Gasteiger partial charge in [-0.2, -0.15) is 4.31 Å². The van der Waals surface area contributed by atoms with Crippen LogP contribution in [0.3, 0.4) is 0 Å². The predicted octanol–water partition coefficient (Wildman–Crippen LogP) is 2.26.